The van der Waals surface area contributed by atoms with Gasteiger partial charge in [-0.2, -0.15) is 23.4 Å². The second-order valence-electron chi connectivity index (χ2n) is 6.15. The summed E-state index contributed by atoms with van der Waals surface area (Å²) in [7, 11) is 1.87. The van der Waals surface area contributed by atoms with Crippen LogP contribution < -0.4 is 0 Å². The van der Waals surface area contributed by atoms with Crippen molar-refractivity contribution in [2.45, 2.75) is 19.6 Å². The molecule has 3 rings (SSSR count). The number of halogens is 3. The number of amides is 1. The molecule has 25 heavy (non-hydrogen) atoms. The third-order valence-corrected chi connectivity index (χ3v) is 4.27. The highest BCUT2D eigenvalue weighted by molar-refractivity contribution is 5.92. The summed E-state index contributed by atoms with van der Waals surface area (Å²) in [5, 5.41) is 9.67. The Kier molecular flexibility index (Phi) is 4.55. The van der Waals surface area contributed by atoms with Crippen LogP contribution >= 0.6 is 0 Å². The van der Waals surface area contributed by atoms with Gasteiger partial charge in [-0.25, -0.2) is 0 Å². The largest absolute Gasteiger partial charge is 0.432 e. The molecule has 1 fully saturated rings. The van der Waals surface area contributed by atoms with E-state index in [-0.39, 0.29) is 5.69 Å². The van der Waals surface area contributed by atoms with Crippen LogP contribution in [0.25, 0.3) is 0 Å². The zero-order chi connectivity index (χ0) is 18.2. The van der Waals surface area contributed by atoms with Crippen molar-refractivity contribution in [3.05, 3.63) is 34.9 Å². The molecule has 0 spiro atoms. The van der Waals surface area contributed by atoms with Crippen molar-refractivity contribution in [1.82, 2.24) is 29.8 Å². The highest BCUT2D eigenvalue weighted by atomic mass is 19.4. The van der Waals surface area contributed by atoms with Gasteiger partial charge in [0.15, 0.2) is 5.69 Å². The first-order valence-corrected chi connectivity index (χ1v) is 7.87. The van der Waals surface area contributed by atoms with Gasteiger partial charge in [0.2, 0.25) is 0 Å². The van der Waals surface area contributed by atoms with Crippen LogP contribution in [0.4, 0.5) is 13.2 Å². The first-order valence-electron chi connectivity index (χ1n) is 7.87. The molecule has 7 nitrogen and oxygen atoms in total. The minimum absolute atomic E-state index is 0.205. The van der Waals surface area contributed by atoms with Gasteiger partial charge < -0.3 is 4.90 Å². The molecule has 0 radical (unpaired) electrons. The number of nitrogens with zero attached hydrogens (tertiary/aromatic N) is 5. The molecule has 0 atom stereocenters. The summed E-state index contributed by atoms with van der Waals surface area (Å²) in [6, 6.07) is 0.758. The lowest BCUT2D eigenvalue weighted by Crippen LogP contribution is -2.48. The molecule has 2 aromatic rings. The predicted octanol–water partition coefficient (Wildman–Crippen LogP) is 1.43. The fourth-order valence-corrected chi connectivity index (χ4v) is 2.89. The smallest absolute Gasteiger partial charge is 0.335 e. The number of carbonyl (C=O) groups is 1. The topological polar surface area (TPSA) is 70.1 Å². The summed E-state index contributed by atoms with van der Waals surface area (Å²) >= 11 is 0. The zero-order valence-electron chi connectivity index (χ0n) is 14.0. The number of aryl methyl sites for hydroxylation is 2. The molecule has 0 bridgehead atoms. The number of aromatic nitrogens is 4. The summed E-state index contributed by atoms with van der Waals surface area (Å²) in [6.45, 7) is 4.89. The van der Waals surface area contributed by atoms with Gasteiger partial charge in [-0.15, -0.1) is 0 Å². The molecular weight excluding hydrogens is 337 g/mol. The number of aromatic amines is 1. The monoisotopic (exact) mass is 356 g/mol. The summed E-state index contributed by atoms with van der Waals surface area (Å²) < 4.78 is 39.5. The number of carbonyl (C=O) groups excluding carboxylic acids is 1. The van der Waals surface area contributed by atoms with E-state index in [2.05, 4.69) is 15.1 Å². The van der Waals surface area contributed by atoms with E-state index in [1.165, 1.54) is 4.90 Å². The molecule has 0 aliphatic carbocycles. The number of nitrogens with one attached hydrogen (secondary N) is 1. The maximum absolute atomic E-state index is 12.6. The van der Waals surface area contributed by atoms with E-state index in [0.717, 1.165) is 23.9 Å². The number of rotatable bonds is 3. The number of H-pyrrole nitrogens is 1. The average molecular weight is 356 g/mol. The summed E-state index contributed by atoms with van der Waals surface area (Å²) in [4.78, 5) is 16.0. The maximum Gasteiger partial charge on any atom is 0.432 e. The summed E-state index contributed by atoms with van der Waals surface area (Å²) in [5.74, 6) is -0.482. The Labute approximate surface area is 142 Å². The quantitative estimate of drug-likeness (QED) is 0.903. The standard InChI is InChI=1S/C15H19F3N6O/c1-10-11(8-22(2)21-10)9-23-3-5-24(6-4-23)14(25)12-7-13(20-19-12)15(16,17)18/h7-8H,3-6,9H2,1-2H3,(H,19,20). The van der Waals surface area contributed by atoms with Gasteiger partial charge in [0, 0.05) is 57.6 Å². The van der Waals surface area contributed by atoms with E-state index >= 15 is 0 Å². The Hall–Kier alpha value is -2.36. The van der Waals surface area contributed by atoms with Crippen molar-refractivity contribution in [3.63, 3.8) is 0 Å². The van der Waals surface area contributed by atoms with Crippen LogP contribution in [0, 0.1) is 6.92 Å². The van der Waals surface area contributed by atoms with Gasteiger partial charge in [-0.1, -0.05) is 0 Å². The molecule has 10 heteroatoms. The number of alkyl halides is 3. The lowest BCUT2D eigenvalue weighted by Gasteiger charge is -2.34. The van der Waals surface area contributed by atoms with Crippen molar-refractivity contribution < 1.29 is 18.0 Å². The van der Waals surface area contributed by atoms with Crippen molar-refractivity contribution >= 4 is 5.91 Å². The molecule has 0 unspecified atom stereocenters. The highest BCUT2D eigenvalue weighted by Gasteiger charge is 2.34. The highest BCUT2D eigenvalue weighted by Crippen LogP contribution is 2.28. The number of piperazine rings is 1. The molecule has 136 valence electrons. The normalized spacial score (nSPS) is 16.4. The second kappa shape index (κ2) is 6.51. The lowest BCUT2D eigenvalue weighted by atomic mass is 10.2. The molecule has 1 amide bonds. The first-order chi connectivity index (χ1) is 11.7. The van der Waals surface area contributed by atoms with Crippen LogP contribution in [-0.4, -0.2) is 61.9 Å². The molecule has 3 heterocycles. The molecular formula is C15H19F3N6O. The number of hydrogen-bond acceptors (Lipinski definition) is 4. The lowest BCUT2D eigenvalue weighted by molar-refractivity contribution is -0.141. The minimum atomic E-state index is -4.54. The molecule has 1 aliphatic heterocycles. The van der Waals surface area contributed by atoms with Crippen LogP contribution in [0.3, 0.4) is 0 Å². The van der Waals surface area contributed by atoms with Crippen LogP contribution in [0.5, 0.6) is 0 Å². The van der Waals surface area contributed by atoms with Crippen LogP contribution in [0.15, 0.2) is 12.3 Å². The Morgan fingerprint density at radius 3 is 2.48 bits per heavy atom. The number of hydrogen-bond donors (Lipinski definition) is 1. The molecule has 1 aliphatic rings. The average Bonchev–Trinajstić information content (AvgIpc) is 3.14. The SMILES string of the molecule is Cc1nn(C)cc1CN1CCN(C(=O)c2cc(C(F)(F)F)[nH]n2)CC1. The van der Waals surface area contributed by atoms with Crippen molar-refractivity contribution in [2.24, 2.45) is 7.05 Å². The minimum Gasteiger partial charge on any atom is -0.335 e. The van der Waals surface area contributed by atoms with Gasteiger partial charge in [0.25, 0.3) is 5.91 Å². The van der Waals surface area contributed by atoms with Gasteiger partial charge in [0.05, 0.1) is 5.69 Å². The first kappa shape index (κ1) is 17.5. The van der Waals surface area contributed by atoms with Gasteiger partial charge >= 0.3 is 6.18 Å². The maximum atomic E-state index is 12.6. The van der Waals surface area contributed by atoms with Crippen LogP contribution in [-0.2, 0) is 19.8 Å². The Bertz CT molecular complexity index is 758. The molecule has 0 aromatic carbocycles. The van der Waals surface area contributed by atoms with Gasteiger partial charge in [-0.05, 0) is 6.92 Å². The third-order valence-electron chi connectivity index (χ3n) is 4.27. The fourth-order valence-electron chi connectivity index (χ4n) is 2.89. The third kappa shape index (κ3) is 3.84. The van der Waals surface area contributed by atoms with Gasteiger partial charge in [0.1, 0.15) is 5.69 Å². The van der Waals surface area contributed by atoms with Crippen molar-refractivity contribution in [2.75, 3.05) is 26.2 Å². The van der Waals surface area contributed by atoms with E-state index in [0.29, 0.717) is 26.2 Å². The summed E-state index contributed by atoms with van der Waals surface area (Å²) in [5.41, 5.74) is 0.882. The predicted molar refractivity (Wildman–Crippen MR) is 82.7 cm³/mol. The Balaban J connectivity index is 1.57. The van der Waals surface area contributed by atoms with E-state index in [1.54, 1.807) is 4.68 Å². The van der Waals surface area contributed by atoms with Gasteiger partial charge in [-0.3, -0.25) is 19.5 Å². The fraction of sp³-hybridized carbons (Fsp3) is 0.533. The van der Waals surface area contributed by atoms with E-state index in [4.69, 9.17) is 0 Å². The van der Waals surface area contributed by atoms with Crippen LogP contribution in [0.1, 0.15) is 27.4 Å². The second-order valence-corrected chi connectivity index (χ2v) is 6.15. The molecule has 1 N–H and O–H groups in total. The van der Waals surface area contributed by atoms with Crippen LogP contribution in [0.2, 0.25) is 0 Å². The summed E-state index contributed by atoms with van der Waals surface area (Å²) in [6.07, 6.45) is -2.57. The molecule has 2 aromatic heterocycles. The van der Waals surface area contributed by atoms with Crippen molar-refractivity contribution in [3.8, 4) is 0 Å². The van der Waals surface area contributed by atoms with E-state index in [9.17, 15) is 18.0 Å². The Morgan fingerprint density at radius 2 is 1.96 bits per heavy atom. The van der Waals surface area contributed by atoms with Crippen molar-refractivity contribution in [1.29, 1.82) is 0 Å². The zero-order valence-corrected chi connectivity index (χ0v) is 14.0. The molecule has 1 saturated heterocycles. The van der Waals surface area contributed by atoms with E-state index < -0.39 is 17.8 Å². The van der Waals surface area contributed by atoms with E-state index in [1.807, 2.05) is 25.3 Å². The Morgan fingerprint density at radius 1 is 1.28 bits per heavy atom. The molecule has 0 saturated carbocycles.